The lowest BCUT2D eigenvalue weighted by atomic mass is 10.1. The average molecular weight is 303 g/mol. The highest BCUT2D eigenvalue weighted by Crippen LogP contribution is 2.18. The van der Waals surface area contributed by atoms with Crippen molar-refractivity contribution in [3.63, 3.8) is 0 Å². The number of nitrogens with zero attached hydrogens (tertiary/aromatic N) is 2. The summed E-state index contributed by atoms with van der Waals surface area (Å²) in [6.07, 6.45) is 2.78. The topological polar surface area (TPSA) is 59.9 Å². The van der Waals surface area contributed by atoms with Crippen LogP contribution < -0.4 is 0 Å². The highest BCUT2D eigenvalue weighted by molar-refractivity contribution is 5.94. The molecule has 0 spiro atoms. The van der Waals surface area contributed by atoms with Gasteiger partial charge in [-0.05, 0) is 36.2 Å². The lowest BCUT2D eigenvalue weighted by molar-refractivity contribution is 0.0796. The molecular formula is C19H17N3O. The van der Waals surface area contributed by atoms with Gasteiger partial charge in [0.05, 0.1) is 11.6 Å². The maximum Gasteiger partial charge on any atom is 0.253 e. The summed E-state index contributed by atoms with van der Waals surface area (Å²) in [6.45, 7) is 0.622. The van der Waals surface area contributed by atoms with E-state index in [4.69, 9.17) is 5.26 Å². The van der Waals surface area contributed by atoms with Crippen LogP contribution in [0.3, 0.4) is 0 Å². The van der Waals surface area contributed by atoms with Crippen molar-refractivity contribution in [2.75, 3.05) is 13.6 Å². The molecule has 0 radical (unpaired) electrons. The first-order chi connectivity index (χ1) is 11.2. The Kier molecular flexibility index (Phi) is 4.11. The highest BCUT2D eigenvalue weighted by Gasteiger charge is 2.13. The van der Waals surface area contributed by atoms with E-state index >= 15 is 0 Å². The van der Waals surface area contributed by atoms with E-state index < -0.39 is 0 Å². The third kappa shape index (κ3) is 3.09. The zero-order chi connectivity index (χ0) is 16.2. The second-order valence-electron chi connectivity index (χ2n) is 5.53. The smallest absolute Gasteiger partial charge is 0.253 e. The van der Waals surface area contributed by atoms with Crippen molar-refractivity contribution in [3.8, 4) is 6.07 Å². The fourth-order valence-corrected chi connectivity index (χ4v) is 2.67. The number of fused-ring (bicyclic) bond motifs is 1. The van der Waals surface area contributed by atoms with E-state index in [9.17, 15) is 4.79 Å². The van der Waals surface area contributed by atoms with E-state index in [-0.39, 0.29) is 5.91 Å². The number of amides is 1. The van der Waals surface area contributed by atoms with Gasteiger partial charge in [0.15, 0.2) is 0 Å². The van der Waals surface area contributed by atoms with Crippen LogP contribution in [0.1, 0.15) is 21.5 Å². The first-order valence-corrected chi connectivity index (χ1v) is 7.49. The Bertz CT molecular complexity index is 889. The van der Waals surface area contributed by atoms with Gasteiger partial charge in [-0.3, -0.25) is 4.79 Å². The van der Waals surface area contributed by atoms with Gasteiger partial charge in [-0.1, -0.05) is 24.3 Å². The van der Waals surface area contributed by atoms with Gasteiger partial charge in [-0.2, -0.15) is 5.26 Å². The Labute approximate surface area is 135 Å². The predicted molar refractivity (Wildman–Crippen MR) is 90.1 cm³/mol. The number of hydrogen-bond donors (Lipinski definition) is 1. The molecular weight excluding hydrogens is 286 g/mol. The summed E-state index contributed by atoms with van der Waals surface area (Å²) in [5.41, 5.74) is 3.36. The van der Waals surface area contributed by atoms with Gasteiger partial charge in [-0.25, -0.2) is 0 Å². The van der Waals surface area contributed by atoms with E-state index in [2.05, 4.69) is 17.1 Å². The zero-order valence-electron chi connectivity index (χ0n) is 12.9. The minimum absolute atomic E-state index is 0.0676. The Morgan fingerprint density at radius 2 is 2.04 bits per heavy atom. The van der Waals surface area contributed by atoms with E-state index in [1.807, 2.05) is 24.4 Å². The number of rotatable bonds is 4. The average Bonchev–Trinajstić information content (AvgIpc) is 3.02. The van der Waals surface area contributed by atoms with E-state index in [0.717, 1.165) is 11.9 Å². The Morgan fingerprint density at radius 3 is 2.87 bits per heavy atom. The number of aromatic nitrogens is 1. The van der Waals surface area contributed by atoms with Crippen LogP contribution in [0.2, 0.25) is 0 Å². The number of para-hydroxylation sites is 1. The quantitative estimate of drug-likeness (QED) is 0.803. The summed E-state index contributed by atoms with van der Waals surface area (Å²) in [5, 5.41) is 10.1. The first kappa shape index (κ1) is 14.9. The van der Waals surface area contributed by atoms with Crippen LogP contribution in [0.15, 0.2) is 54.7 Å². The third-order valence-electron chi connectivity index (χ3n) is 3.98. The molecule has 1 amide bonds. The molecule has 1 heterocycles. The van der Waals surface area contributed by atoms with E-state index in [0.29, 0.717) is 17.7 Å². The Morgan fingerprint density at radius 1 is 1.22 bits per heavy atom. The molecule has 3 aromatic rings. The van der Waals surface area contributed by atoms with Crippen LogP contribution in [0.25, 0.3) is 10.9 Å². The zero-order valence-corrected chi connectivity index (χ0v) is 12.9. The number of carbonyl (C=O) groups excluding carboxylic acids is 1. The summed E-state index contributed by atoms with van der Waals surface area (Å²) in [6, 6.07) is 17.0. The predicted octanol–water partition coefficient (Wildman–Crippen LogP) is 3.35. The Hall–Kier alpha value is -3.06. The van der Waals surface area contributed by atoms with Gasteiger partial charge in [0, 0.05) is 36.3 Å². The summed E-state index contributed by atoms with van der Waals surface area (Å²) >= 11 is 0. The van der Waals surface area contributed by atoms with Crippen molar-refractivity contribution < 1.29 is 4.79 Å². The van der Waals surface area contributed by atoms with Crippen LogP contribution in [-0.4, -0.2) is 29.4 Å². The van der Waals surface area contributed by atoms with Gasteiger partial charge in [0.1, 0.15) is 0 Å². The van der Waals surface area contributed by atoms with Crippen LogP contribution in [-0.2, 0) is 6.42 Å². The number of nitriles is 1. The molecule has 1 N–H and O–H groups in total. The maximum atomic E-state index is 12.4. The van der Waals surface area contributed by atoms with E-state index in [1.54, 1.807) is 36.2 Å². The van der Waals surface area contributed by atoms with Crippen molar-refractivity contribution >= 4 is 16.8 Å². The van der Waals surface area contributed by atoms with Gasteiger partial charge in [0.2, 0.25) is 0 Å². The van der Waals surface area contributed by atoms with Crippen molar-refractivity contribution in [3.05, 3.63) is 71.4 Å². The molecule has 0 atom stereocenters. The summed E-state index contributed by atoms with van der Waals surface area (Å²) in [7, 11) is 1.79. The van der Waals surface area contributed by atoms with Crippen LogP contribution in [0.4, 0.5) is 0 Å². The fraction of sp³-hybridized carbons (Fsp3) is 0.158. The van der Waals surface area contributed by atoms with Gasteiger partial charge in [0.25, 0.3) is 5.91 Å². The number of carbonyl (C=O) groups is 1. The highest BCUT2D eigenvalue weighted by atomic mass is 16.2. The maximum absolute atomic E-state index is 12.4. The number of benzene rings is 2. The number of nitrogens with one attached hydrogen (secondary N) is 1. The molecule has 0 aliphatic rings. The lowest BCUT2D eigenvalue weighted by Gasteiger charge is -2.17. The number of hydrogen-bond acceptors (Lipinski definition) is 2. The van der Waals surface area contributed by atoms with Crippen molar-refractivity contribution in [1.82, 2.24) is 9.88 Å². The van der Waals surface area contributed by atoms with Crippen molar-refractivity contribution in [2.24, 2.45) is 0 Å². The molecule has 0 bridgehead atoms. The summed E-state index contributed by atoms with van der Waals surface area (Å²) < 4.78 is 0. The van der Waals surface area contributed by atoms with Crippen molar-refractivity contribution in [1.29, 1.82) is 5.26 Å². The molecule has 0 saturated heterocycles. The fourth-order valence-electron chi connectivity index (χ4n) is 2.67. The number of aromatic amines is 1. The van der Waals surface area contributed by atoms with Crippen molar-refractivity contribution in [2.45, 2.75) is 6.42 Å². The Balaban J connectivity index is 1.70. The largest absolute Gasteiger partial charge is 0.361 e. The summed E-state index contributed by atoms with van der Waals surface area (Å²) in [4.78, 5) is 17.4. The molecule has 0 aliphatic heterocycles. The van der Waals surface area contributed by atoms with Crippen LogP contribution in [0, 0.1) is 11.3 Å². The molecule has 0 saturated carbocycles. The van der Waals surface area contributed by atoms with Gasteiger partial charge in [-0.15, -0.1) is 0 Å². The first-order valence-electron chi connectivity index (χ1n) is 7.49. The minimum Gasteiger partial charge on any atom is -0.361 e. The molecule has 4 nitrogen and oxygen atoms in total. The second-order valence-corrected chi connectivity index (χ2v) is 5.53. The number of H-pyrrole nitrogens is 1. The minimum atomic E-state index is -0.0676. The SMILES string of the molecule is CN(CCc1c[nH]c2ccccc12)C(=O)c1cccc(C#N)c1. The van der Waals surface area contributed by atoms with E-state index in [1.165, 1.54) is 10.9 Å². The molecule has 4 heteroatoms. The second kappa shape index (κ2) is 6.37. The molecule has 0 aliphatic carbocycles. The van der Waals surface area contributed by atoms with Crippen LogP contribution in [0.5, 0.6) is 0 Å². The monoisotopic (exact) mass is 303 g/mol. The van der Waals surface area contributed by atoms with Gasteiger partial charge < -0.3 is 9.88 Å². The normalized spacial score (nSPS) is 10.4. The third-order valence-corrected chi connectivity index (χ3v) is 3.98. The standard InChI is InChI=1S/C19H17N3O/c1-22(19(23)15-6-4-5-14(11-15)12-20)10-9-16-13-21-18-8-3-2-7-17(16)18/h2-8,11,13,21H,9-10H2,1H3. The molecule has 1 aromatic heterocycles. The molecule has 2 aromatic carbocycles. The number of likely N-dealkylation sites (N-methyl/N-ethyl adjacent to an activating group) is 1. The lowest BCUT2D eigenvalue weighted by Crippen LogP contribution is -2.28. The molecule has 3 rings (SSSR count). The van der Waals surface area contributed by atoms with Crippen LogP contribution >= 0.6 is 0 Å². The molecule has 114 valence electrons. The molecule has 0 unspecified atom stereocenters. The summed E-state index contributed by atoms with van der Waals surface area (Å²) in [5.74, 6) is -0.0676. The molecule has 23 heavy (non-hydrogen) atoms. The van der Waals surface area contributed by atoms with Gasteiger partial charge >= 0.3 is 0 Å². The molecule has 0 fully saturated rings.